The topological polar surface area (TPSA) is 95.9 Å². The summed E-state index contributed by atoms with van der Waals surface area (Å²) in [5.74, 6) is -0.400. The first-order valence-electron chi connectivity index (χ1n) is 9.14. The molecule has 0 saturated carbocycles. The van der Waals surface area contributed by atoms with Gasteiger partial charge in [-0.1, -0.05) is 18.6 Å². The summed E-state index contributed by atoms with van der Waals surface area (Å²) in [5, 5.41) is 12.4. The standard InChI is InChI=1S/C20H24N2O5S/c1-14-7-5-6-12-22(14)28(25,26)19-13-15(10-11-18(19)27-2)20(24)21-16-8-3-4-9-17(16)23/h3-4,8-11,13-14,23H,5-7,12H2,1-2H3,(H,21,24). The lowest BCUT2D eigenvalue weighted by Gasteiger charge is -2.32. The third kappa shape index (κ3) is 3.98. The van der Waals surface area contributed by atoms with E-state index in [4.69, 9.17) is 4.74 Å². The number of anilines is 1. The molecule has 0 radical (unpaired) electrons. The number of para-hydroxylation sites is 2. The number of nitrogens with one attached hydrogen (secondary N) is 1. The first-order valence-corrected chi connectivity index (χ1v) is 10.6. The summed E-state index contributed by atoms with van der Waals surface area (Å²) >= 11 is 0. The molecule has 1 saturated heterocycles. The van der Waals surface area contributed by atoms with Crippen LogP contribution in [0.2, 0.25) is 0 Å². The van der Waals surface area contributed by atoms with Gasteiger partial charge in [0, 0.05) is 18.2 Å². The average Bonchev–Trinajstić information content (AvgIpc) is 2.69. The van der Waals surface area contributed by atoms with Crippen LogP contribution < -0.4 is 10.1 Å². The van der Waals surface area contributed by atoms with E-state index in [1.54, 1.807) is 18.2 Å². The molecule has 1 aliphatic rings. The first kappa shape index (κ1) is 20.2. The molecular weight excluding hydrogens is 380 g/mol. The van der Waals surface area contributed by atoms with Crippen molar-refractivity contribution in [1.29, 1.82) is 0 Å². The van der Waals surface area contributed by atoms with Gasteiger partial charge in [0.1, 0.15) is 16.4 Å². The second kappa shape index (κ2) is 8.20. The molecule has 0 bridgehead atoms. The van der Waals surface area contributed by atoms with Gasteiger partial charge in [0.2, 0.25) is 10.0 Å². The molecule has 1 unspecified atom stereocenters. The minimum atomic E-state index is -3.81. The maximum absolute atomic E-state index is 13.2. The molecule has 1 aliphatic heterocycles. The second-order valence-electron chi connectivity index (χ2n) is 6.80. The number of aromatic hydroxyl groups is 1. The minimum Gasteiger partial charge on any atom is -0.506 e. The van der Waals surface area contributed by atoms with E-state index in [-0.39, 0.29) is 33.7 Å². The molecular formula is C20H24N2O5S. The molecule has 0 aliphatic carbocycles. The van der Waals surface area contributed by atoms with Gasteiger partial charge in [-0.15, -0.1) is 0 Å². The fraction of sp³-hybridized carbons (Fsp3) is 0.350. The number of piperidine rings is 1. The number of amides is 1. The molecule has 7 nitrogen and oxygen atoms in total. The molecule has 150 valence electrons. The Bertz CT molecular complexity index is 974. The number of nitrogens with zero attached hydrogens (tertiary/aromatic N) is 1. The molecule has 2 N–H and O–H groups in total. The van der Waals surface area contributed by atoms with Crippen LogP contribution in [-0.4, -0.2) is 43.4 Å². The maximum Gasteiger partial charge on any atom is 0.255 e. The Morgan fingerprint density at radius 2 is 1.96 bits per heavy atom. The molecule has 1 atom stereocenters. The quantitative estimate of drug-likeness (QED) is 0.746. The Hall–Kier alpha value is -2.58. The van der Waals surface area contributed by atoms with Crippen LogP contribution in [-0.2, 0) is 10.0 Å². The van der Waals surface area contributed by atoms with Gasteiger partial charge < -0.3 is 15.2 Å². The van der Waals surface area contributed by atoms with Crippen molar-refractivity contribution in [2.75, 3.05) is 19.0 Å². The van der Waals surface area contributed by atoms with Gasteiger partial charge in [-0.25, -0.2) is 8.42 Å². The number of benzene rings is 2. The summed E-state index contributed by atoms with van der Waals surface area (Å²) in [6.45, 7) is 2.33. The van der Waals surface area contributed by atoms with Crippen LogP contribution in [0, 0.1) is 0 Å². The largest absolute Gasteiger partial charge is 0.506 e. The zero-order valence-electron chi connectivity index (χ0n) is 15.9. The van der Waals surface area contributed by atoms with Crippen LogP contribution in [0.1, 0.15) is 36.5 Å². The lowest BCUT2D eigenvalue weighted by Crippen LogP contribution is -2.42. The molecule has 1 heterocycles. The molecule has 2 aromatic rings. The molecule has 0 spiro atoms. The predicted octanol–water partition coefficient (Wildman–Crippen LogP) is 3.22. The van der Waals surface area contributed by atoms with E-state index in [1.807, 2.05) is 6.92 Å². The highest BCUT2D eigenvalue weighted by molar-refractivity contribution is 7.89. The molecule has 3 rings (SSSR count). The van der Waals surface area contributed by atoms with Gasteiger partial charge in [-0.2, -0.15) is 4.31 Å². The summed E-state index contributed by atoms with van der Waals surface area (Å²) in [5.41, 5.74) is 0.407. The minimum absolute atomic E-state index is 0.0336. The van der Waals surface area contributed by atoms with Crippen LogP contribution in [0.5, 0.6) is 11.5 Å². The highest BCUT2D eigenvalue weighted by Crippen LogP contribution is 2.32. The van der Waals surface area contributed by atoms with Gasteiger partial charge in [-0.05, 0) is 50.1 Å². The number of carbonyl (C=O) groups is 1. The molecule has 2 aromatic carbocycles. The van der Waals surface area contributed by atoms with Gasteiger partial charge in [0.25, 0.3) is 5.91 Å². The number of phenolic OH excluding ortho intramolecular Hbond substituents is 1. The summed E-state index contributed by atoms with van der Waals surface area (Å²) in [4.78, 5) is 12.6. The van der Waals surface area contributed by atoms with Crippen molar-refractivity contribution in [3.05, 3.63) is 48.0 Å². The van der Waals surface area contributed by atoms with Crippen molar-refractivity contribution < 1.29 is 23.1 Å². The smallest absolute Gasteiger partial charge is 0.255 e. The summed E-state index contributed by atoms with van der Waals surface area (Å²) in [6.07, 6.45) is 2.60. The summed E-state index contributed by atoms with van der Waals surface area (Å²) < 4.78 is 33.2. The first-order chi connectivity index (χ1) is 13.3. The van der Waals surface area contributed by atoms with Gasteiger partial charge in [0.05, 0.1) is 12.8 Å². The van der Waals surface area contributed by atoms with E-state index in [0.29, 0.717) is 6.54 Å². The third-order valence-corrected chi connectivity index (χ3v) is 6.94. The molecule has 1 fully saturated rings. The third-order valence-electron chi connectivity index (χ3n) is 4.91. The fourth-order valence-corrected chi connectivity index (χ4v) is 5.23. The van der Waals surface area contributed by atoms with E-state index in [9.17, 15) is 18.3 Å². The number of hydrogen-bond donors (Lipinski definition) is 2. The van der Waals surface area contributed by atoms with Crippen LogP contribution in [0.4, 0.5) is 5.69 Å². The van der Waals surface area contributed by atoms with E-state index in [2.05, 4.69) is 5.32 Å². The highest BCUT2D eigenvalue weighted by Gasteiger charge is 2.33. The Balaban J connectivity index is 1.96. The highest BCUT2D eigenvalue weighted by atomic mass is 32.2. The number of ether oxygens (including phenoxy) is 1. The molecule has 0 aromatic heterocycles. The zero-order chi connectivity index (χ0) is 20.3. The Kier molecular flexibility index (Phi) is 5.90. The lowest BCUT2D eigenvalue weighted by molar-refractivity contribution is 0.102. The Morgan fingerprint density at radius 1 is 1.21 bits per heavy atom. The van der Waals surface area contributed by atoms with E-state index >= 15 is 0 Å². The van der Waals surface area contributed by atoms with Crippen LogP contribution in [0.15, 0.2) is 47.4 Å². The van der Waals surface area contributed by atoms with Crippen molar-refractivity contribution >= 4 is 21.6 Å². The maximum atomic E-state index is 13.2. The zero-order valence-corrected chi connectivity index (χ0v) is 16.7. The van der Waals surface area contributed by atoms with Crippen LogP contribution in [0.25, 0.3) is 0 Å². The van der Waals surface area contributed by atoms with Crippen molar-refractivity contribution in [2.24, 2.45) is 0 Å². The molecule has 8 heteroatoms. The van der Waals surface area contributed by atoms with E-state index < -0.39 is 15.9 Å². The number of sulfonamides is 1. The fourth-order valence-electron chi connectivity index (χ4n) is 3.35. The van der Waals surface area contributed by atoms with Crippen molar-refractivity contribution in [2.45, 2.75) is 37.1 Å². The van der Waals surface area contributed by atoms with Crippen molar-refractivity contribution in [3.8, 4) is 11.5 Å². The normalized spacial score (nSPS) is 17.9. The second-order valence-corrected chi connectivity index (χ2v) is 8.66. The monoisotopic (exact) mass is 404 g/mol. The Morgan fingerprint density at radius 3 is 2.64 bits per heavy atom. The lowest BCUT2D eigenvalue weighted by atomic mass is 10.1. The van der Waals surface area contributed by atoms with E-state index in [0.717, 1.165) is 19.3 Å². The van der Waals surface area contributed by atoms with Crippen molar-refractivity contribution in [1.82, 2.24) is 4.31 Å². The van der Waals surface area contributed by atoms with Gasteiger partial charge in [-0.3, -0.25) is 4.79 Å². The average molecular weight is 404 g/mol. The summed E-state index contributed by atoms with van der Waals surface area (Å²) in [6, 6.07) is 10.5. The van der Waals surface area contributed by atoms with Crippen LogP contribution in [0.3, 0.4) is 0 Å². The van der Waals surface area contributed by atoms with E-state index in [1.165, 1.54) is 35.7 Å². The summed E-state index contributed by atoms with van der Waals surface area (Å²) in [7, 11) is -2.41. The Labute approximate surface area is 165 Å². The number of methoxy groups -OCH3 is 1. The number of phenols is 1. The van der Waals surface area contributed by atoms with Gasteiger partial charge in [0.15, 0.2) is 0 Å². The van der Waals surface area contributed by atoms with Gasteiger partial charge >= 0.3 is 0 Å². The number of carbonyl (C=O) groups excluding carboxylic acids is 1. The predicted molar refractivity (Wildman–Crippen MR) is 106 cm³/mol. The van der Waals surface area contributed by atoms with Crippen LogP contribution >= 0.6 is 0 Å². The number of rotatable bonds is 5. The number of hydrogen-bond acceptors (Lipinski definition) is 5. The van der Waals surface area contributed by atoms with Crippen molar-refractivity contribution in [3.63, 3.8) is 0 Å². The SMILES string of the molecule is COc1ccc(C(=O)Nc2ccccc2O)cc1S(=O)(=O)N1CCCCC1C. The molecule has 1 amide bonds. The molecule has 28 heavy (non-hydrogen) atoms.